The zero-order chi connectivity index (χ0) is 21.5. The fraction of sp³-hybridized carbons (Fsp3) is 0.310. The smallest absolute Gasteiger partial charge is 0.122 e. The maximum absolute atomic E-state index is 6.14. The van der Waals surface area contributed by atoms with Gasteiger partial charge in [0, 0.05) is 20.2 Å². The summed E-state index contributed by atoms with van der Waals surface area (Å²) < 4.78 is 8.86. The van der Waals surface area contributed by atoms with E-state index in [0.717, 1.165) is 18.8 Å². The first-order valence-corrected chi connectivity index (χ1v) is 12.3. The average Bonchev–Trinajstić information content (AvgIpc) is 3.08. The van der Waals surface area contributed by atoms with Crippen molar-refractivity contribution in [2.75, 3.05) is 6.61 Å². The summed E-state index contributed by atoms with van der Waals surface area (Å²) in [6, 6.07) is 18.6. The van der Waals surface area contributed by atoms with Crippen LogP contribution in [0.5, 0.6) is 5.75 Å². The fourth-order valence-corrected chi connectivity index (χ4v) is 5.72. The van der Waals surface area contributed by atoms with Crippen LogP contribution in [0.2, 0.25) is 0 Å². The largest absolute Gasteiger partial charge is 0.493 e. The van der Waals surface area contributed by atoms with E-state index in [1.807, 2.05) is 11.3 Å². The molecule has 0 N–H and O–H groups in total. The highest BCUT2D eigenvalue weighted by Crippen LogP contribution is 2.40. The van der Waals surface area contributed by atoms with E-state index >= 15 is 0 Å². The molecule has 158 valence electrons. The Morgan fingerprint density at radius 1 is 0.613 bits per heavy atom. The molecular formula is C29H30OS. The molecule has 0 aliphatic carbocycles. The summed E-state index contributed by atoms with van der Waals surface area (Å²) >= 11 is 1.90. The first-order valence-electron chi connectivity index (χ1n) is 11.5. The Labute approximate surface area is 188 Å². The molecule has 0 radical (unpaired) electrons. The van der Waals surface area contributed by atoms with Gasteiger partial charge >= 0.3 is 0 Å². The third-order valence-corrected chi connectivity index (χ3v) is 7.66. The van der Waals surface area contributed by atoms with Gasteiger partial charge in [-0.3, -0.25) is 0 Å². The second kappa shape index (κ2) is 8.16. The van der Waals surface area contributed by atoms with Gasteiger partial charge in [-0.15, -0.1) is 11.3 Å². The van der Waals surface area contributed by atoms with Crippen molar-refractivity contribution >= 4 is 53.1 Å². The van der Waals surface area contributed by atoms with E-state index in [1.54, 1.807) is 0 Å². The van der Waals surface area contributed by atoms with Gasteiger partial charge in [0.15, 0.2) is 0 Å². The SMILES string of the molecule is CCCCCCOc1cc2cc3sc4cc5cc(C)c(C)cc5cc4c3cc2cc1C. The van der Waals surface area contributed by atoms with Gasteiger partial charge in [-0.05, 0) is 102 Å². The summed E-state index contributed by atoms with van der Waals surface area (Å²) in [7, 11) is 0. The number of ether oxygens (including phenoxy) is 1. The molecule has 1 heterocycles. The number of thiophene rings is 1. The first-order chi connectivity index (χ1) is 15.0. The molecule has 0 bridgehead atoms. The monoisotopic (exact) mass is 426 g/mol. The second-order valence-electron chi connectivity index (χ2n) is 8.96. The Balaban J connectivity index is 1.58. The predicted molar refractivity (Wildman–Crippen MR) is 138 cm³/mol. The Bertz CT molecular complexity index is 1420. The molecule has 0 unspecified atom stereocenters. The molecular weight excluding hydrogens is 396 g/mol. The number of aryl methyl sites for hydroxylation is 3. The molecule has 0 saturated heterocycles. The van der Waals surface area contributed by atoms with Crippen molar-refractivity contribution in [1.29, 1.82) is 0 Å². The predicted octanol–water partition coefficient (Wildman–Crippen LogP) is 9.25. The molecule has 0 spiro atoms. The van der Waals surface area contributed by atoms with Crippen LogP contribution in [0.15, 0.2) is 48.5 Å². The molecule has 1 aromatic heterocycles. The van der Waals surface area contributed by atoms with Crippen LogP contribution < -0.4 is 4.74 Å². The summed E-state index contributed by atoms with van der Waals surface area (Å²) in [6.45, 7) is 9.61. The number of benzene rings is 4. The Kier molecular flexibility index (Phi) is 5.35. The molecule has 0 aliphatic heterocycles. The summed E-state index contributed by atoms with van der Waals surface area (Å²) in [6.07, 6.45) is 4.93. The lowest BCUT2D eigenvalue weighted by atomic mass is 9.99. The van der Waals surface area contributed by atoms with Gasteiger partial charge in [0.05, 0.1) is 6.61 Å². The second-order valence-corrected chi connectivity index (χ2v) is 10.0. The third-order valence-electron chi connectivity index (χ3n) is 6.55. The quantitative estimate of drug-likeness (QED) is 0.246. The highest BCUT2D eigenvalue weighted by Gasteiger charge is 2.11. The molecule has 0 aliphatic rings. The molecule has 2 heteroatoms. The van der Waals surface area contributed by atoms with Gasteiger partial charge in [-0.2, -0.15) is 0 Å². The van der Waals surface area contributed by atoms with Crippen molar-refractivity contribution in [1.82, 2.24) is 0 Å². The summed E-state index contributed by atoms with van der Waals surface area (Å²) in [5.74, 6) is 1.03. The van der Waals surface area contributed by atoms with Gasteiger partial charge in [0.25, 0.3) is 0 Å². The van der Waals surface area contributed by atoms with E-state index in [0.29, 0.717) is 0 Å². The van der Waals surface area contributed by atoms with E-state index in [9.17, 15) is 0 Å². The van der Waals surface area contributed by atoms with Crippen molar-refractivity contribution in [2.24, 2.45) is 0 Å². The maximum Gasteiger partial charge on any atom is 0.122 e. The van der Waals surface area contributed by atoms with Crippen LogP contribution >= 0.6 is 11.3 Å². The van der Waals surface area contributed by atoms with E-state index in [4.69, 9.17) is 4.74 Å². The molecule has 0 fully saturated rings. The van der Waals surface area contributed by atoms with Crippen molar-refractivity contribution in [2.45, 2.75) is 53.4 Å². The van der Waals surface area contributed by atoms with E-state index in [1.165, 1.54) is 77.7 Å². The van der Waals surface area contributed by atoms with Crippen LogP contribution in [0.3, 0.4) is 0 Å². The molecule has 4 aromatic carbocycles. The topological polar surface area (TPSA) is 9.23 Å². The minimum absolute atomic E-state index is 0.808. The van der Waals surface area contributed by atoms with Gasteiger partial charge < -0.3 is 4.74 Å². The van der Waals surface area contributed by atoms with Crippen LogP contribution in [0.4, 0.5) is 0 Å². The zero-order valence-electron chi connectivity index (χ0n) is 19.0. The van der Waals surface area contributed by atoms with Crippen LogP contribution in [-0.2, 0) is 0 Å². The molecule has 0 atom stereocenters. The molecule has 0 amide bonds. The van der Waals surface area contributed by atoms with Gasteiger partial charge in [-0.1, -0.05) is 38.3 Å². The van der Waals surface area contributed by atoms with E-state index < -0.39 is 0 Å². The summed E-state index contributed by atoms with van der Waals surface area (Å²) in [5, 5.41) is 7.96. The standard InChI is InChI=1S/C29H30OS/c1-5-6-7-8-9-30-27-15-24-17-29-26(14-22(24)12-20(27)4)25-13-21-10-18(2)19(3)11-23(21)16-28(25)31-29/h10-17H,5-9H2,1-4H3. The number of hydrogen-bond donors (Lipinski definition) is 0. The lowest BCUT2D eigenvalue weighted by molar-refractivity contribution is 0.303. The Morgan fingerprint density at radius 3 is 1.77 bits per heavy atom. The molecule has 0 saturated carbocycles. The zero-order valence-corrected chi connectivity index (χ0v) is 19.8. The molecule has 5 aromatic rings. The summed E-state index contributed by atoms with van der Waals surface area (Å²) in [5.41, 5.74) is 3.93. The van der Waals surface area contributed by atoms with Gasteiger partial charge in [0.2, 0.25) is 0 Å². The lowest BCUT2D eigenvalue weighted by Crippen LogP contribution is -1.98. The number of rotatable bonds is 6. The van der Waals surface area contributed by atoms with Crippen LogP contribution in [0, 0.1) is 20.8 Å². The van der Waals surface area contributed by atoms with E-state index in [2.05, 4.69) is 76.2 Å². The van der Waals surface area contributed by atoms with Crippen LogP contribution in [0.1, 0.15) is 49.3 Å². The highest BCUT2D eigenvalue weighted by atomic mass is 32.1. The number of unbranched alkanes of at least 4 members (excludes halogenated alkanes) is 3. The fourth-order valence-electron chi connectivity index (χ4n) is 4.55. The summed E-state index contributed by atoms with van der Waals surface area (Å²) in [4.78, 5) is 0. The van der Waals surface area contributed by atoms with Crippen molar-refractivity contribution in [3.8, 4) is 5.75 Å². The van der Waals surface area contributed by atoms with Crippen LogP contribution in [0.25, 0.3) is 41.7 Å². The van der Waals surface area contributed by atoms with E-state index in [-0.39, 0.29) is 0 Å². The molecule has 5 rings (SSSR count). The number of hydrogen-bond acceptors (Lipinski definition) is 2. The highest BCUT2D eigenvalue weighted by molar-refractivity contribution is 7.26. The van der Waals surface area contributed by atoms with Crippen molar-refractivity contribution in [3.63, 3.8) is 0 Å². The van der Waals surface area contributed by atoms with Crippen molar-refractivity contribution < 1.29 is 4.74 Å². The van der Waals surface area contributed by atoms with Gasteiger partial charge in [0.1, 0.15) is 5.75 Å². The maximum atomic E-state index is 6.14. The van der Waals surface area contributed by atoms with Crippen molar-refractivity contribution in [3.05, 3.63) is 65.2 Å². The number of fused-ring (bicyclic) bond motifs is 5. The lowest BCUT2D eigenvalue weighted by Gasteiger charge is -2.11. The third kappa shape index (κ3) is 3.78. The molecule has 31 heavy (non-hydrogen) atoms. The Hall–Kier alpha value is -2.58. The Morgan fingerprint density at radius 2 is 1.16 bits per heavy atom. The van der Waals surface area contributed by atoms with Gasteiger partial charge in [-0.25, -0.2) is 0 Å². The molecule has 1 nitrogen and oxygen atoms in total. The van der Waals surface area contributed by atoms with Crippen LogP contribution in [-0.4, -0.2) is 6.61 Å². The average molecular weight is 427 g/mol. The minimum atomic E-state index is 0.808. The normalized spacial score (nSPS) is 11.9. The minimum Gasteiger partial charge on any atom is -0.493 e. The first kappa shape index (κ1) is 20.3.